The number of ether oxygens (including phenoxy) is 3. The first-order valence-electron chi connectivity index (χ1n) is 5.51. The molecule has 0 fully saturated rings. The SMILES string of the molecule is OCC(F)(F)OC(F)(F)C(F)(F)OC(F)(F)C(F)(F)OC(F)(F)C(O)(F)F. The molecule has 2 N–H and O–H groups in total. The molecule has 0 saturated carbocycles. The van der Waals surface area contributed by atoms with Gasteiger partial charge in [0.05, 0.1) is 0 Å². The molecule has 0 aliphatic carbocycles. The van der Waals surface area contributed by atoms with Crippen LogP contribution in [0.2, 0.25) is 0 Å². The van der Waals surface area contributed by atoms with Crippen LogP contribution in [0.15, 0.2) is 0 Å². The predicted octanol–water partition coefficient (Wildman–Crippen LogP) is 3.17. The second-order valence-electron chi connectivity index (χ2n) is 4.23. The van der Waals surface area contributed by atoms with Crippen molar-refractivity contribution in [3.63, 3.8) is 0 Å². The van der Waals surface area contributed by atoms with E-state index in [1.54, 1.807) is 0 Å². The Balaban J connectivity index is 5.64. The van der Waals surface area contributed by atoms with Gasteiger partial charge in [-0.05, 0) is 0 Å². The fourth-order valence-electron chi connectivity index (χ4n) is 0.841. The highest BCUT2D eigenvalue weighted by Crippen LogP contribution is 2.49. The molecule has 0 saturated heterocycles. The standard InChI is InChI=1S/C8H4F14O5/c9-2(10,1-23)25-5(15,16)6(17,18)27-8(21,22)7(19,20)26-4(13,14)3(11,12)24/h23-24H,1H2. The van der Waals surface area contributed by atoms with Gasteiger partial charge >= 0.3 is 42.8 Å². The highest BCUT2D eigenvalue weighted by molar-refractivity contribution is 4.78. The molecule has 0 bridgehead atoms. The fourth-order valence-corrected chi connectivity index (χ4v) is 0.841. The van der Waals surface area contributed by atoms with Crippen molar-refractivity contribution >= 4 is 0 Å². The number of aliphatic hydroxyl groups excluding tert-OH is 1. The molecule has 0 rings (SSSR count). The van der Waals surface area contributed by atoms with Crippen LogP contribution in [0, 0.1) is 0 Å². The lowest BCUT2D eigenvalue weighted by Crippen LogP contribution is -2.59. The number of hydrogen-bond donors (Lipinski definition) is 2. The summed E-state index contributed by atoms with van der Waals surface area (Å²) in [6.45, 7) is -2.74. The van der Waals surface area contributed by atoms with Gasteiger partial charge in [0.1, 0.15) is 6.61 Å². The van der Waals surface area contributed by atoms with Crippen molar-refractivity contribution in [2.45, 2.75) is 42.8 Å². The van der Waals surface area contributed by atoms with Crippen LogP contribution in [0.4, 0.5) is 61.5 Å². The summed E-state index contributed by atoms with van der Waals surface area (Å²) in [5.41, 5.74) is 0. The topological polar surface area (TPSA) is 68.2 Å². The van der Waals surface area contributed by atoms with Crippen molar-refractivity contribution in [2.24, 2.45) is 0 Å². The maximum atomic E-state index is 12.8. The number of rotatable bonds is 10. The van der Waals surface area contributed by atoms with Crippen LogP contribution >= 0.6 is 0 Å². The molecule has 0 atom stereocenters. The van der Waals surface area contributed by atoms with Crippen LogP contribution in [-0.2, 0) is 14.2 Å². The van der Waals surface area contributed by atoms with E-state index in [-0.39, 0.29) is 0 Å². The Kier molecular flexibility index (Phi) is 6.70. The van der Waals surface area contributed by atoms with Crippen LogP contribution in [0.5, 0.6) is 0 Å². The van der Waals surface area contributed by atoms with Crippen LogP contribution in [-0.4, -0.2) is 59.6 Å². The summed E-state index contributed by atoms with van der Waals surface area (Å²) < 4.78 is 180. The first-order valence-corrected chi connectivity index (χ1v) is 5.51. The number of hydrogen-bond acceptors (Lipinski definition) is 5. The van der Waals surface area contributed by atoms with E-state index in [2.05, 4.69) is 0 Å². The normalized spacial score (nSPS) is 16.0. The molecule has 0 amide bonds. The number of alkyl halides is 14. The molecule has 0 aliphatic heterocycles. The lowest BCUT2D eigenvalue weighted by molar-refractivity contribution is -0.570. The van der Waals surface area contributed by atoms with Gasteiger partial charge in [-0.2, -0.15) is 61.5 Å². The summed E-state index contributed by atoms with van der Waals surface area (Å²) in [6.07, 6.45) is -47.7. The lowest BCUT2D eigenvalue weighted by Gasteiger charge is -2.34. The van der Waals surface area contributed by atoms with E-state index in [9.17, 15) is 61.5 Å². The maximum Gasteiger partial charge on any atom is 0.453 e. The second-order valence-corrected chi connectivity index (χ2v) is 4.23. The average Bonchev–Trinajstić information content (AvgIpc) is 2.33. The number of aliphatic hydroxyl groups is 2. The van der Waals surface area contributed by atoms with Gasteiger partial charge in [-0.25, -0.2) is 14.2 Å². The highest BCUT2D eigenvalue weighted by atomic mass is 19.4. The molecule has 0 aliphatic rings. The van der Waals surface area contributed by atoms with E-state index in [4.69, 9.17) is 10.2 Å². The van der Waals surface area contributed by atoms with Gasteiger partial charge in [-0.1, -0.05) is 0 Å². The van der Waals surface area contributed by atoms with Crippen molar-refractivity contribution in [3.8, 4) is 0 Å². The third-order valence-electron chi connectivity index (χ3n) is 2.00. The third kappa shape index (κ3) is 5.90. The smallest absolute Gasteiger partial charge is 0.387 e. The van der Waals surface area contributed by atoms with Gasteiger partial charge in [0.15, 0.2) is 0 Å². The van der Waals surface area contributed by atoms with Crippen molar-refractivity contribution in [2.75, 3.05) is 6.61 Å². The Morgan fingerprint density at radius 1 is 0.481 bits per heavy atom. The molecule has 0 heterocycles. The Hall–Kier alpha value is -1.18. The highest BCUT2D eigenvalue weighted by Gasteiger charge is 2.75. The molecule has 0 aromatic rings. The predicted molar refractivity (Wildman–Crippen MR) is 47.2 cm³/mol. The van der Waals surface area contributed by atoms with Gasteiger partial charge in [-0.3, -0.25) is 0 Å². The van der Waals surface area contributed by atoms with E-state index in [0.717, 1.165) is 0 Å². The minimum atomic E-state index is -7.31. The Labute approximate surface area is 137 Å². The van der Waals surface area contributed by atoms with E-state index in [1.807, 2.05) is 4.74 Å². The zero-order valence-electron chi connectivity index (χ0n) is 11.6. The van der Waals surface area contributed by atoms with Crippen molar-refractivity contribution in [3.05, 3.63) is 0 Å². The molecule has 164 valence electrons. The second kappa shape index (κ2) is 7.01. The van der Waals surface area contributed by atoms with Crippen molar-refractivity contribution in [1.29, 1.82) is 0 Å². The Morgan fingerprint density at radius 2 is 0.741 bits per heavy atom. The monoisotopic (exact) mass is 446 g/mol. The minimum Gasteiger partial charge on any atom is -0.387 e. The first kappa shape index (κ1) is 25.8. The van der Waals surface area contributed by atoms with Gasteiger partial charge < -0.3 is 10.2 Å². The molecule has 0 spiro atoms. The fraction of sp³-hybridized carbons (Fsp3) is 1.00. The summed E-state index contributed by atoms with van der Waals surface area (Å²) in [5, 5.41) is 15.3. The number of halogens is 14. The van der Waals surface area contributed by atoms with Gasteiger partial charge in [-0.15, -0.1) is 0 Å². The molecular formula is C8H4F14O5. The average molecular weight is 446 g/mol. The minimum absolute atomic E-state index is 1.49. The van der Waals surface area contributed by atoms with Gasteiger partial charge in [0.25, 0.3) is 0 Å². The molecule has 0 radical (unpaired) electrons. The molecule has 0 aromatic carbocycles. The van der Waals surface area contributed by atoms with E-state index >= 15 is 0 Å². The Morgan fingerprint density at radius 3 is 1.00 bits per heavy atom. The van der Waals surface area contributed by atoms with Crippen LogP contribution in [0.25, 0.3) is 0 Å². The van der Waals surface area contributed by atoms with E-state index < -0.39 is 49.4 Å². The van der Waals surface area contributed by atoms with Crippen molar-refractivity contribution in [1.82, 2.24) is 0 Å². The first-order chi connectivity index (χ1) is 11.4. The summed E-state index contributed by atoms with van der Waals surface area (Å²) in [4.78, 5) is 0. The Bertz CT molecular complexity index is 514. The molecule has 0 unspecified atom stereocenters. The summed E-state index contributed by atoms with van der Waals surface area (Å²) in [7, 11) is 0. The molecule has 5 nitrogen and oxygen atoms in total. The molecular weight excluding hydrogens is 442 g/mol. The summed E-state index contributed by atoms with van der Waals surface area (Å²) >= 11 is 0. The zero-order valence-corrected chi connectivity index (χ0v) is 11.6. The van der Waals surface area contributed by atoms with Crippen LogP contribution < -0.4 is 0 Å². The third-order valence-corrected chi connectivity index (χ3v) is 2.00. The van der Waals surface area contributed by atoms with E-state index in [1.165, 1.54) is 9.47 Å². The largest absolute Gasteiger partial charge is 0.453 e. The van der Waals surface area contributed by atoms with Crippen molar-refractivity contribution < 1.29 is 85.9 Å². The van der Waals surface area contributed by atoms with E-state index in [0.29, 0.717) is 0 Å². The van der Waals surface area contributed by atoms with Crippen LogP contribution in [0.1, 0.15) is 0 Å². The summed E-state index contributed by atoms with van der Waals surface area (Å²) in [5.74, 6) is 0. The maximum absolute atomic E-state index is 12.8. The zero-order chi connectivity index (χ0) is 22.3. The van der Waals surface area contributed by atoms with Gasteiger partial charge in [0.2, 0.25) is 0 Å². The van der Waals surface area contributed by atoms with Gasteiger partial charge in [0, 0.05) is 0 Å². The molecule has 27 heavy (non-hydrogen) atoms. The molecule has 19 heteroatoms. The summed E-state index contributed by atoms with van der Waals surface area (Å²) in [6, 6.07) is 0. The quantitative estimate of drug-likeness (QED) is 0.505. The lowest BCUT2D eigenvalue weighted by atomic mass is 10.5. The molecule has 0 aromatic heterocycles. The van der Waals surface area contributed by atoms with Crippen LogP contribution in [0.3, 0.4) is 0 Å².